The second-order valence-electron chi connectivity index (χ2n) is 7.25. The first kappa shape index (κ1) is 20.1. The van der Waals surface area contributed by atoms with Gasteiger partial charge in [0.1, 0.15) is 10.8 Å². The van der Waals surface area contributed by atoms with Crippen molar-refractivity contribution < 1.29 is 9.53 Å². The van der Waals surface area contributed by atoms with Gasteiger partial charge in [0.15, 0.2) is 6.61 Å². The average Bonchev–Trinajstić information content (AvgIpc) is 3.22. The van der Waals surface area contributed by atoms with Crippen molar-refractivity contribution in [2.75, 3.05) is 11.9 Å². The summed E-state index contributed by atoms with van der Waals surface area (Å²) in [5.74, 6) is 1.01. The van der Waals surface area contributed by atoms with Gasteiger partial charge in [-0.2, -0.15) is 0 Å². The van der Waals surface area contributed by atoms with Crippen LogP contribution in [0.3, 0.4) is 0 Å². The Morgan fingerprint density at radius 2 is 1.77 bits per heavy atom. The summed E-state index contributed by atoms with van der Waals surface area (Å²) in [7, 11) is 0. The first-order valence-electron chi connectivity index (χ1n) is 10.1. The molecule has 3 aromatic carbocycles. The fraction of sp³-hybridized carbons (Fsp3) is 0.200. The Labute approximate surface area is 180 Å². The predicted octanol–water partition coefficient (Wildman–Crippen LogP) is 6.49. The zero-order chi connectivity index (χ0) is 20.9. The maximum absolute atomic E-state index is 12.5. The number of hydrogen-bond acceptors (Lipinski definition) is 4. The van der Waals surface area contributed by atoms with Crippen molar-refractivity contribution in [3.05, 3.63) is 78.4 Å². The molecule has 30 heavy (non-hydrogen) atoms. The number of thiazole rings is 1. The highest BCUT2D eigenvalue weighted by Gasteiger charge is 2.13. The van der Waals surface area contributed by atoms with Crippen molar-refractivity contribution in [3.8, 4) is 16.3 Å². The first-order valence-corrected chi connectivity index (χ1v) is 10.9. The lowest BCUT2D eigenvalue weighted by Gasteiger charge is -2.12. The zero-order valence-corrected chi connectivity index (χ0v) is 17.9. The molecule has 1 heterocycles. The Morgan fingerprint density at radius 3 is 2.53 bits per heavy atom. The quantitative estimate of drug-likeness (QED) is 0.374. The Balaban J connectivity index is 1.44. The fourth-order valence-corrected chi connectivity index (χ4v) is 4.23. The second-order valence-corrected chi connectivity index (χ2v) is 8.28. The van der Waals surface area contributed by atoms with Crippen LogP contribution >= 0.6 is 11.3 Å². The van der Waals surface area contributed by atoms with Gasteiger partial charge in [-0.15, -0.1) is 11.3 Å². The van der Waals surface area contributed by atoms with Gasteiger partial charge < -0.3 is 10.1 Å². The Bertz CT molecular complexity index is 1120. The molecule has 0 spiro atoms. The topological polar surface area (TPSA) is 51.2 Å². The monoisotopic (exact) mass is 416 g/mol. The second kappa shape index (κ2) is 9.09. The van der Waals surface area contributed by atoms with E-state index >= 15 is 0 Å². The molecular weight excluding hydrogens is 392 g/mol. The van der Waals surface area contributed by atoms with Crippen LogP contribution in [0.2, 0.25) is 0 Å². The summed E-state index contributed by atoms with van der Waals surface area (Å²) >= 11 is 1.61. The van der Waals surface area contributed by atoms with E-state index in [1.807, 2.05) is 54.6 Å². The van der Waals surface area contributed by atoms with Crippen molar-refractivity contribution in [3.63, 3.8) is 0 Å². The minimum atomic E-state index is -0.199. The van der Waals surface area contributed by atoms with Gasteiger partial charge in [-0.25, -0.2) is 4.98 Å². The minimum Gasteiger partial charge on any atom is -0.484 e. The number of carbonyl (C=O) groups is 1. The molecule has 0 aliphatic rings. The maximum Gasteiger partial charge on any atom is 0.262 e. The van der Waals surface area contributed by atoms with E-state index in [2.05, 4.69) is 37.4 Å². The molecule has 5 heteroatoms. The standard InChI is InChI=1S/C25H24N2O2S/c1-3-17(2)18-12-14-19(15-13-18)29-16-24(28)26-21-9-5-4-8-20(21)25-27-22-10-6-7-11-23(22)30-25/h4-15,17H,3,16H2,1-2H3,(H,26,28)/t17-/m0/s1. The van der Waals surface area contributed by atoms with Crippen LogP contribution in [0.1, 0.15) is 31.7 Å². The van der Waals surface area contributed by atoms with Crippen LogP contribution < -0.4 is 10.1 Å². The van der Waals surface area contributed by atoms with Crippen LogP contribution in [0.15, 0.2) is 72.8 Å². The van der Waals surface area contributed by atoms with E-state index in [1.54, 1.807) is 11.3 Å². The van der Waals surface area contributed by atoms with Gasteiger partial charge in [0.2, 0.25) is 0 Å². The summed E-state index contributed by atoms with van der Waals surface area (Å²) < 4.78 is 6.80. The van der Waals surface area contributed by atoms with Crippen LogP contribution in [-0.4, -0.2) is 17.5 Å². The normalized spacial score (nSPS) is 11.9. The lowest BCUT2D eigenvalue weighted by Crippen LogP contribution is -2.20. The summed E-state index contributed by atoms with van der Waals surface area (Å²) in [6.45, 7) is 4.33. The third-order valence-corrected chi connectivity index (χ3v) is 6.23. The van der Waals surface area contributed by atoms with E-state index in [4.69, 9.17) is 9.72 Å². The van der Waals surface area contributed by atoms with E-state index < -0.39 is 0 Å². The number of nitrogens with zero attached hydrogens (tertiary/aromatic N) is 1. The van der Waals surface area contributed by atoms with E-state index in [0.717, 1.165) is 32.9 Å². The molecule has 152 valence electrons. The van der Waals surface area contributed by atoms with Crippen LogP contribution in [-0.2, 0) is 4.79 Å². The molecule has 0 aliphatic carbocycles. The number of hydrogen-bond donors (Lipinski definition) is 1. The predicted molar refractivity (Wildman–Crippen MR) is 124 cm³/mol. The summed E-state index contributed by atoms with van der Waals surface area (Å²) in [6, 6.07) is 23.7. The average molecular weight is 417 g/mol. The van der Waals surface area contributed by atoms with Crippen molar-refractivity contribution in [2.45, 2.75) is 26.2 Å². The first-order chi connectivity index (χ1) is 14.6. The van der Waals surface area contributed by atoms with Crippen LogP contribution in [0.4, 0.5) is 5.69 Å². The molecule has 4 aromatic rings. The van der Waals surface area contributed by atoms with Crippen LogP contribution in [0, 0.1) is 0 Å². The number of rotatable bonds is 7. The number of ether oxygens (including phenoxy) is 1. The molecule has 0 fully saturated rings. The molecule has 0 radical (unpaired) electrons. The van der Waals surface area contributed by atoms with E-state index in [9.17, 15) is 4.79 Å². The molecule has 0 saturated heterocycles. The number of anilines is 1. The molecule has 0 aliphatic heterocycles. The highest BCUT2D eigenvalue weighted by Crippen LogP contribution is 2.34. The van der Waals surface area contributed by atoms with Gasteiger partial charge in [0, 0.05) is 5.56 Å². The molecule has 1 atom stereocenters. The number of para-hydroxylation sites is 2. The van der Waals surface area contributed by atoms with Crippen molar-refractivity contribution >= 4 is 33.1 Å². The molecule has 1 aromatic heterocycles. The van der Waals surface area contributed by atoms with E-state index in [0.29, 0.717) is 11.7 Å². The van der Waals surface area contributed by atoms with Crippen LogP contribution in [0.25, 0.3) is 20.8 Å². The van der Waals surface area contributed by atoms with Gasteiger partial charge in [0.05, 0.1) is 15.9 Å². The smallest absolute Gasteiger partial charge is 0.262 e. The molecule has 0 saturated carbocycles. The molecule has 1 N–H and O–H groups in total. The SMILES string of the molecule is CC[C@H](C)c1ccc(OCC(=O)Nc2ccccc2-c2nc3ccccc3s2)cc1. The van der Waals surface area contributed by atoms with Gasteiger partial charge in [-0.05, 0) is 54.3 Å². The van der Waals surface area contributed by atoms with Gasteiger partial charge in [-0.1, -0.05) is 50.2 Å². The summed E-state index contributed by atoms with van der Waals surface area (Å²) in [5.41, 5.74) is 3.88. The van der Waals surface area contributed by atoms with E-state index in [-0.39, 0.29) is 12.5 Å². The number of nitrogens with one attached hydrogen (secondary N) is 1. The number of aromatic nitrogens is 1. The van der Waals surface area contributed by atoms with Gasteiger partial charge >= 0.3 is 0 Å². The van der Waals surface area contributed by atoms with Crippen molar-refractivity contribution in [1.82, 2.24) is 4.98 Å². The molecular formula is C25H24N2O2S. The fourth-order valence-electron chi connectivity index (χ4n) is 3.23. The lowest BCUT2D eigenvalue weighted by atomic mass is 9.99. The zero-order valence-electron chi connectivity index (χ0n) is 17.1. The molecule has 4 nitrogen and oxygen atoms in total. The van der Waals surface area contributed by atoms with Crippen molar-refractivity contribution in [1.29, 1.82) is 0 Å². The summed E-state index contributed by atoms with van der Waals surface area (Å²) in [4.78, 5) is 17.2. The van der Waals surface area contributed by atoms with Gasteiger partial charge in [-0.3, -0.25) is 4.79 Å². The summed E-state index contributed by atoms with van der Waals surface area (Å²) in [6.07, 6.45) is 1.09. The van der Waals surface area contributed by atoms with Crippen molar-refractivity contribution in [2.24, 2.45) is 0 Å². The lowest BCUT2D eigenvalue weighted by molar-refractivity contribution is -0.118. The number of amides is 1. The highest BCUT2D eigenvalue weighted by atomic mass is 32.1. The number of carbonyl (C=O) groups excluding carboxylic acids is 1. The van der Waals surface area contributed by atoms with Crippen LogP contribution in [0.5, 0.6) is 5.75 Å². The third kappa shape index (κ3) is 4.52. The third-order valence-electron chi connectivity index (χ3n) is 5.16. The largest absolute Gasteiger partial charge is 0.484 e. The molecule has 0 bridgehead atoms. The Hall–Kier alpha value is -3.18. The number of benzene rings is 3. The summed E-state index contributed by atoms with van der Waals surface area (Å²) in [5, 5.41) is 3.85. The minimum absolute atomic E-state index is 0.0448. The highest BCUT2D eigenvalue weighted by molar-refractivity contribution is 7.21. The number of fused-ring (bicyclic) bond motifs is 1. The molecule has 1 amide bonds. The van der Waals surface area contributed by atoms with E-state index in [1.165, 1.54) is 5.56 Å². The molecule has 4 rings (SSSR count). The van der Waals surface area contributed by atoms with Gasteiger partial charge in [0.25, 0.3) is 5.91 Å². The molecule has 0 unspecified atom stereocenters. The Kier molecular flexibility index (Phi) is 6.10. The maximum atomic E-state index is 12.5. The Morgan fingerprint density at radius 1 is 1.03 bits per heavy atom.